The first-order valence-corrected chi connectivity index (χ1v) is 6.32. The molecule has 0 bridgehead atoms. The Morgan fingerprint density at radius 3 is 2.72 bits per heavy atom. The van der Waals surface area contributed by atoms with Crippen molar-refractivity contribution in [3.8, 4) is 0 Å². The fraction of sp³-hybridized carbons (Fsp3) is 0.429. The number of hydrazone groups is 1. The van der Waals surface area contributed by atoms with Crippen molar-refractivity contribution in [1.29, 1.82) is 0 Å². The second-order valence-corrected chi connectivity index (χ2v) is 4.03. The number of nitrogens with zero attached hydrogens (tertiary/aromatic N) is 2. The molecule has 0 unspecified atom stereocenters. The Labute approximate surface area is 109 Å². The lowest BCUT2D eigenvalue weighted by atomic mass is 10.3. The zero-order valence-corrected chi connectivity index (χ0v) is 11.1. The summed E-state index contributed by atoms with van der Waals surface area (Å²) in [5.74, 6) is 0.136. The predicted molar refractivity (Wildman–Crippen MR) is 75.7 cm³/mol. The fourth-order valence-corrected chi connectivity index (χ4v) is 1.61. The normalized spacial score (nSPS) is 10.6. The molecule has 1 aromatic carbocycles. The lowest BCUT2D eigenvalue weighted by Crippen LogP contribution is -2.29. The number of rotatable bonds is 7. The SMILES string of the molecule is CCN(CCC/C=N/Nc1ccccc1)C(C)=O. The average Bonchev–Trinajstić information content (AvgIpc) is 2.38. The molecule has 1 N–H and O–H groups in total. The summed E-state index contributed by atoms with van der Waals surface area (Å²) < 4.78 is 0. The van der Waals surface area contributed by atoms with Crippen molar-refractivity contribution in [2.24, 2.45) is 5.10 Å². The van der Waals surface area contributed by atoms with Crippen LogP contribution in [0.3, 0.4) is 0 Å². The van der Waals surface area contributed by atoms with Crippen molar-refractivity contribution in [3.05, 3.63) is 30.3 Å². The molecule has 0 atom stereocenters. The van der Waals surface area contributed by atoms with Gasteiger partial charge in [0.1, 0.15) is 0 Å². The highest BCUT2D eigenvalue weighted by molar-refractivity contribution is 5.73. The summed E-state index contributed by atoms with van der Waals surface area (Å²) >= 11 is 0. The van der Waals surface area contributed by atoms with Gasteiger partial charge in [-0.25, -0.2) is 0 Å². The van der Waals surface area contributed by atoms with Gasteiger partial charge in [0.25, 0.3) is 0 Å². The zero-order chi connectivity index (χ0) is 13.2. The maximum atomic E-state index is 11.2. The second-order valence-electron chi connectivity index (χ2n) is 4.03. The van der Waals surface area contributed by atoms with Gasteiger partial charge in [0.2, 0.25) is 5.91 Å². The minimum absolute atomic E-state index is 0.136. The number of carbonyl (C=O) groups is 1. The van der Waals surface area contributed by atoms with Gasteiger partial charge >= 0.3 is 0 Å². The Balaban J connectivity index is 2.16. The summed E-state index contributed by atoms with van der Waals surface area (Å²) in [7, 11) is 0. The number of nitrogens with one attached hydrogen (secondary N) is 1. The van der Waals surface area contributed by atoms with Crippen molar-refractivity contribution in [1.82, 2.24) is 4.90 Å². The molecule has 0 aromatic heterocycles. The molecule has 4 nitrogen and oxygen atoms in total. The van der Waals surface area contributed by atoms with Crippen LogP contribution in [0.2, 0.25) is 0 Å². The van der Waals surface area contributed by atoms with Crippen LogP contribution in [0.4, 0.5) is 5.69 Å². The molecule has 0 aliphatic heterocycles. The fourth-order valence-electron chi connectivity index (χ4n) is 1.61. The molecule has 0 spiro atoms. The number of benzene rings is 1. The van der Waals surface area contributed by atoms with Crippen LogP contribution in [0.1, 0.15) is 26.7 Å². The summed E-state index contributed by atoms with van der Waals surface area (Å²) in [5.41, 5.74) is 3.94. The van der Waals surface area contributed by atoms with Gasteiger partial charge in [-0.15, -0.1) is 0 Å². The Hall–Kier alpha value is -1.84. The van der Waals surface area contributed by atoms with Crippen molar-refractivity contribution in [3.63, 3.8) is 0 Å². The summed E-state index contributed by atoms with van der Waals surface area (Å²) in [6, 6.07) is 9.82. The number of unbranched alkanes of at least 4 members (excludes halogenated alkanes) is 1. The van der Waals surface area contributed by atoms with Gasteiger partial charge in [0.15, 0.2) is 0 Å². The van der Waals surface area contributed by atoms with E-state index in [1.165, 1.54) is 0 Å². The highest BCUT2D eigenvalue weighted by Crippen LogP contribution is 2.04. The summed E-state index contributed by atoms with van der Waals surface area (Å²) in [6.07, 6.45) is 3.65. The van der Waals surface area contributed by atoms with E-state index in [0.29, 0.717) is 0 Å². The van der Waals surface area contributed by atoms with Crippen LogP contribution in [-0.4, -0.2) is 30.1 Å². The molecular weight excluding hydrogens is 226 g/mol. The van der Waals surface area contributed by atoms with E-state index in [1.54, 1.807) is 6.92 Å². The molecule has 1 amide bonds. The monoisotopic (exact) mass is 247 g/mol. The first-order chi connectivity index (χ1) is 8.74. The van der Waals surface area contributed by atoms with Crippen LogP contribution in [-0.2, 0) is 4.79 Å². The van der Waals surface area contributed by atoms with E-state index in [4.69, 9.17) is 0 Å². The number of hydrogen-bond acceptors (Lipinski definition) is 3. The molecule has 0 fully saturated rings. The molecule has 0 radical (unpaired) electrons. The zero-order valence-electron chi connectivity index (χ0n) is 11.1. The molecule has 1 rings (SSSR count). The van der Waals surface area contributed by atoms with Gasteiger partial charge in [-0.1, -0.05) is 18.2 Å². The van der Waals surface area contributed by atoms with Gasteiger partial charge < -0.3 is 4.90 Å². The Kier molecular flexibility index (Phi) is 6.54. The number of carbonyl (C=O) groups excluding carboxylic acids is 1. The summed E-state index contributed by atoms with van der Waals surface area (Å²) in [5, 5.41) is 4.13. The van der Waals surface area contributed by atoms with Gasteiger partial charge in [-0.3, -0.25) is 10.2 Å². The molecule has 18 heavy (non-hydrogen) atoms. The lowest BCUT2D eigenvalue weighted by Gasteiger charge is -2.17. The Morgan fingerprint density at radius 2 is 2.11 bits per heavy atom. The third kappa shape index (κ3) is 5.48. The van der Waals surface area contributed by atoms with E-state index in [-0.39, 0.29) is 5.91 Å². The third-order valence-electron chi connectivity index (χ3n) is 2.65. The molecule has 0 saturated carbocycles. The highest BCUT2D eigenvalue weighted by Gasteiger charge is 2.03. The van der Waals surface area contributed by atoms with E-state index >= 15 is 0 Å². The van der Waals surface area contributed by atoms with Crippen molar-refractivity contribution in [2.45, 2.75) is 26.7 Å². The first-order valence-electron chi connectivity index (χ1n) is 6.32. The smallest absolute Gasteiger partial charge is 0.219 e. The molecule has 0 aliphatic carbocycles. The molecule has 4 heteroatoms. The van der Waals surface area contributed by atoms with E-state index in [1.807, 2.05) is 48.4 Å². The molecule has 0 aliphatic rings. The molecule has 0 saturated heterocycles. The van der Waals surface area contributed by atoms with E-state index in [9.17, 15) is 4.79 Å². The Morgan fingerprint density at radius 1 is 1.39 bits per heavy atom. The highest BCUT2D eigenvalue weighted by atomic mass is 16.2. The van der Waals surface area contributed by atoms with Crippen LogP contribution in [0, 0.1) is 0 Å². The first kappa shape index (κ1) is 14.2. The van der Waals surface area contributed by atoms with E-state index in [2.05, 4.69) is 10.5 Å². The maximum absolute atomic E-state index is 11.2. The largest absolute Gasteiger partial charge is 0.343 e. The molecular formula is C14H21N3O. The minimum atomic E-state index is 0.136. The number of anilines is 1. The maximum Gasteiger partial charge on any atom is 0.219 e. The van der Waals surface area contributed by atoms with Crippen LogP contribution in [0.5, 0.6) is 0 Å². The lowest BCUT2D eigenvalue weighted by molar-refractivity contribution is -0.128. The molecule has 98 valence electrons. The van der Waals surface area contributed by atoms with E-state index in [0.717, 1.165) is 31.6 Å². The standard InChI is InChI=1S/C14H21N3O/c1-3-17(13(2)18)12-8-7-11-15-16-14-9-5-4-6-10-14/h4-6,9-11,16H,3,7-8,12H2,1-2H3/b15-11+. The Bertz CT molecular complexity index is 376. The van der Waals surface area contributed by atoms with Gasteiger partial charge in [0.05, 0.1) is 5.69 Å². The quantitative estimate of drug-likeness (QED) is 0.457. The molecule has 0 heterocycles. The predicted octanol–water partition coefficient (Wildman–Crippen LogP) is 2.73. The van der Waals surface area contributed by atoms with Crippen molar-refractivity contribution < 1.29 is 4.79 Å². The topological polar surface area (TPSA) is 44.7 Å². The molecule has 1 aromatic rings. The van der Waals surface area contributed by atoms with Crippen LogP contribution in [0.25, 0.3) is 0 Å². The summed E-state index contributed by atoms with van der Waals surface area (Å²) in [6.45, 7) is 5.17. The van der Waals surface area contributed by atoms with Crippen LogP contribution < -0.4 is 5.43 Å². The van der Waals surface area contributed by atoms with Crippen LogP contribution in [0.15, 0.2) is 35.4 Å². The van der Waals surface area contributed by atoms with Crippen molar-refractivity contribution >= 4 is 17.8 Å². The van der Waals surface area contributed by atoms with Crippen molar-refractivity contribution in [2.75, 3.05) is 18.5 Å². The van der Waals surface area contributed by atoms with Gasteiger partial charge in [0, 0.05) is 26.2 Å². The van der Waals surface area contributed by atoms with Crippen LogP contribution >= 0.6 is 0 Å². The number of hydrogen-bond donors (Lipinski definition) is 1. The number of para-hydroxylation sites is 1. The van der Waals surface area contributed by atoms with Gasteiger partial charge in [-0.2, -0.15) is 5.10 Å². The van der Waals surface area contributed by atoms with E-state index < -0.39 is 0 Å². The van der Waals surface area contributed by atoms with Gasteiger partial charge in [-0.05, 0) is 31.9 Å². The average molecular weight is 247 g/mol. The minimum Gasteiger partial charge on any atom is -0.343 e. The summed E-state index contributed by atoms with van der Waals surface area (Å²) in [4.78, 5) is 13.0. The number of amides is 1. The third-order valence-corrected chi connectivity index (χ3v) is 2.65. The second kappa shape index (κ2) is 8.28.